The molecule has 4 atom stereocenters. The predicted molar refractivity (Wildman–Crippen MR) is 196 cm³/mol. The van der Waals surface area contributed by atoms with E-state index in [1.165, 1.54) is 13.0 Å². The summed E-state index contributed by atoms with van der Waals surface area (Å²) >= 11 is 0. The lowest BCUT2D eigenvalue weighted by molar-refractivity contribution is -0.134. The fraction of sp³-hybridized carbons (Fsp3) is 0.400. The lowest BCUT2D eigenvalue weighted by atomic mass is 10.0. The van der Waals surface area contributed by atoms with Gasteiger partial charge in [-0.1, -0.05) is 39.5 Å². The molecule has 2 aromatic carbocycles. The molecule has 17 nitrogen and oxygen atoms in total. The van der Waals surface area contributed by atoms with E-state index >= 15 is 0 Å². The number of halogens is 1. The highest BCUT2D eigenvalue weighted by Crippen LogP contribution is 2.20. The number of aromatic nitrogens is 1. The Hall–Kier alpha value is -5.87. The average Bonchev–Trinajstić information content (AvgIpc) is 3.50. The highest BCUT2D eigenvalue weighted by atomic mass is 32.2. The van der Waals surface area contributed by atoms with Crippen LogP contribution in [0.5, 0.6) is 0 Å². The van der Waals surface area contributed by atoms with Crippen molar-refractivity contribution in [2.75, 3.05) is 13.6 Å². The quantitative estimate of drug-likeness (QED) is 0.0919. The summed E-state index contributed by atoms with van der Waals surface area (Å²) in [5.41, 5.74) is 11.5. The number of nitrogens with two attached hydrogens (primary N) is 2. The number of primary amides is 2. The number of carbonyl (C=O) groups excluding carboxylic acids is 6. The second-order valence-electron chi connectivity index (χ2n) is 12.6. The summed E-state index contributed by atoms with van der Waals surface area (Å²) < 4.78 is 40.6. The van der Waals surface area contributed by atoms with Crippen molar-refractivity contribution in [1.82, 2.24) is 30.6 Å². The third-order valence-electron chi connectivity index (χ3n) is 8.22. The fourth-order valence-corrected chi connectivity index (χ4v) is 6.39. The van der Waals surface area contributed by atoms with Crippen LogP contribution in [0.1, 0.15) is 52.2 Å². The Morgan fingerprint density at radius 3 is 2.19 bits per heavy atom. The number of amides is 6. The van der Waals surface area contributed by atoms with Crippen LogP contribution in [0.25, 0.3) is 10.9 Å². The Balaban J connectivity index is 0.0000101. The van der Waals surface area contributed by atoms with Gasteiger partial charge in [0.15, 0.2) is 0 Å². The molecule has 0 fully saturated rings. The minimum atomic E-state index is -4.41. The van der Waals surface area contributed by atoms with Crippen molar-refractivity contribution in [3.8, 4) is 6.07 Å². The molecule has 0 spiro atoms. The lowest BCUT2D eigenvalue weighted by Crippen LogP contribution is -2.58. The molecular weight excluding hydrogens is 725 g/mol. The molecular formula is C35H46FN9O8S. The molecule has 0 aliphatic heterocycles. The first-order valence-electron chi connectivity index (χ1n) is 16.3. The molecule has 54 heavy (non-hydrogen) atoms. The zero-order valence-corrected chi connectivity index (χ0v) is 30.3. The van der Waals surface area contributed by atoms with Crippen LogP contribution in [0.2, 0.25) is 0 Å². The Morgan fingerprint density at radius 1 is 0.926 bits per heavy atom. The maximum atomic E-state index is 13.8. The summed E-state index contributed by atoms with van der Waals surface area (Å²) in [6, 6.07) is 6.15. The van der Waals surface area contributed by atoms with Crippen molar-refractivity contribution < 1.29 is 41.6 Å². The fourth-order valence-electron chi connectivity index (χ4n) is 5.24. The van der Waals surface area contributed by atoms with E-state index in [0.29, 0.717) is 9.87 Å². The predicted octanol–water partition coefficient (Wildman–Crippen LogP) is 0.0439. The minimum absolute atomic E-state index is 0. The van der Waals surface area contributed by atoms with Gasteiger partial charge in [0.05, 0.1) is 17.0 Å². The monoisotopic (exact) mass is 770 g/mol. The smallest absolute Gasteiger partial charge is 0.243 e. The van der Waals surface area contributed by atoms with Gasteiger partial charge in [0, 0.05) is 37.0 Å². The summed E-state index contributed by atoms with van der Waals surface area (Å²) in [7, 11) is -3.36. The van der Waals surface area contributed by atoms with E-state index < -0.39 is 92.5 Å². The van der Waals surface area contributed by atoms with E-state index in [-0.39, 0.29) is 32.6 Å². The topological polar surface area (TPSA) is 280 Å². The number of benzene rings is 2. The van der Waals surface area contributed by atoms with E-state index in [0.717, 1.165) is 36.1 Å². The standard InChI is InChI=1S/C34H42FN9O8S.CH4/c1-18(2)30(31(38)47)43-32(48)19(3)40-34(50)27(14-21-16-39-25-8-6-5-7-23(21)25)42-33(49)26(11-12-28(37)45)41-29(46)17-44(4)53(51,52)22-9-10-24(35)20(13-22)15-36;/h5-10,13,16,18-19,26-27,30,39H,11-12,14,17H2,1-4H3,(H2,37,45)(H2,38,47)(H,40,50)(H,41,46)(H,42,49)(H,43,48);1H4/t19-,26-,27-,30-;/m0./s1/i35-1;. The first-order chi connectivity index (χ1) is 24.8. The number of rotatable bonds is 18. The van der Waals surface area contributed by atoms with Crippen LogP contribution in [0.15, 0.2) is 53.6 Å². The van der Waals surface area contributed by atoms with Crippen molar-refractivity contribution in [1.29, 1.82) is 5.26 Å². The number of likely N-dealkylation sites (N-methyl/N-ethyl adjacent to an activating group) is 1. The molecule has 3 rings (SSSR count). The number of carbonyl (C=O) groups is 6. The van der Waals surface area contributed by atoms with Crippen LogP contribution >= 0.6 is 0 Å². The van der Waals surface area contributed by atoms with E-state index in [4.69, 9.17) is 16.7 Å². The van der Waals surface area contributed by atoms with Crippen molar-refractivity contribution in [2.24, 2.45) is 17.4 Å². The number of nitrogens with one attached hydrogen (secondary N) is 5. The molecule has 0 saturated carbocycles. The van der Waals surface area contributed by atoms with Gasteiger partial charge in [-0.15, -0.1) is 0 Å². The molecule has 0 radical (unpaired) electrons. The SMILES string of the molecule is C.CC(C)[C@H](NC(=O)[C@H](C)NC(=O)[C@H](Cc1c[nH]c2ccccc12)NC(=O)[C@H](CCC(N)=O)NC(=O)CN(C)S(=O)(=O)c1ccc([18F])c(C#N)c1)C(N)=O. The number of nitriles is 1. The first-order valence-corrected chi connectivity index (χ1v) is 17.8. The second kappa shape index (κ2) is 19.3. The average molecular weight is 771 g/mol. The van der Waals surface area contributed by atoms with Gasteiger partial charge in [-0.3, -0.25) is 28.8 Å². The molecule has 6 amide bonds. The van der Waals surface area contributed by atoms with Gasteiger partial charge < -0.3 is 37.7 Å². The summed E-state index contributed by atoms with van der Waals surface area (Å²) in [4.78, 5) is 79.6. The number of nitrogens with zero attached hydrogens (tertiary/aromatic N) is 2. The molecule has 1 heterocycles. The molecule has 0 bridgehead atoms. The minimum Gasteiger partial charge on any atom is -0.370 e. The van der Waals surface area contributed by atoms with Gasteiger partial charge in [0.1, 0.15) is 36.1 Å². The van der Waals surface area contributed by atoms with Crippen LogP contribution in [0, 0.1) is 23.1 Å². The van der Waals surface area contributed by atoms with Gasteiger partial charge >= 0.3 is 0 Å². The largest absolute Gasteiger partial charge is 0.370 e. The summed E-state index contributed by atoms with van der Waals surface area (Å²) in [5, 5.41) is 19.8. The van der Waals surface area contributed by atoms with Crippen LogP contribution in [0.3, 0.4) is 0 Å². The number of fused-ring (bicyclic) bond motifs is 1. The first kappa shape index (κ1) is 44.3. The molecule has 0 saturated heterocycles. The second-order valence-corrected chi connectivity index (χ2v) is 14.7. The Bertz CT molecular complexity index is 2030. The van der Waals surface area contributed by atoms with Crippen molar-refractivity contribution in [3.63, 3.8) is 0 Å². The third-order valence-corrected chi connectivity index (χ3v) is 10.0. The molecule has 1 aromatic heterocycles. The molecule has 292 valence electrons. The lowest BCUT2D eigenvalue weighted by Gasteiger charge is -2.26. The van der Waals surface area contributed by atoms with Crippen LogP contribution < -0.4 is 32.7 Å². The van der Waals surface area contributed by atoms with Crippen molar-refractivity contribution in [2.45, 2.75) is 76.5 Å². The molecule has 0 unspecified atom stereocenters. The van der Waals surface area contributed by atoms with Crippen molar-refractivity contribution in [3.05, 3.63) is 65.6 Å². The molecule has 9 N–H and O–H groups in total. The highest BCUT2D eigenvalue weighted by Gasteiger charge is 2.32. The molecule has 19 heteroatoms. The van der Waals surface area contributed by atoms with Gasteiger partial charge in [-0.2, -0.15) is 9.57 Å². The van der Waals surface area contributed by atoms with Gasteiger partial charge in [-0.25, -0.2) is 12.8 Å². The Kier molecular flexibility index (Phi) is 15.8. The normalized spacial score (nSPS) is 13.4. The summed E-state index contributed by atoms with van der Waals surface area (Å²) in [5.74, 6) is -6.32. The van der Waals surface area contributed by atoms with Crippen LogP contribution in [0.4, 0.5) is 4.39 Å². The maximum absolute atomic E-state index is 13.8. The molecule has 0 aliphatic rings. The molecule has 0 aliphatic carbocycles. The maximum Gasteiger partial charge on any atom is 0.243 e. The number of H-pyrrole nitrogens is 1. The summed E-state index contributed by atoms with van der Waals surface area (Å²) in [6.45, 7) is 3.88. The molecule has 3 aromatic rings. The van der Waals surface area contributed by atoms with Gasteiger partial charge in [0.2, 0.25) is 45.5 Å². The number of sulfonamides is 1. The Labute approximate surface area is 312 Å². The summed E-state index contributed by atoms with van der Waals surface area (Å²) in [6.07, 6.45) is 0.811. The van der Waals surface area contributed by atoms with E-state index in [9.17, 15) is 41.6 Å². The number of hydrogen-bond acceptors (Lipinski definition) is 9. The zero-order chi connectivity index (χ0) is 39.6. The number of aromatic amines is 1. The zero-order valence-electron chi connectivity index (χ0n) is 29.4. The highest BCUT2D eigenvalue weighted by molar-refractivity contribution is 7.89. The van der Waals surface area contributed by atoms with Crippen LogP contribution in [-0.4, -0.2) is 90.9 Å². The van der Waals surface area contributed by atoms with Gasteiger partial charge in [-0.05, 0) is 49.1 Å². The number of hydrogen-bond donors (Lipinski definition) is 7. The van der Waals surface area contributed by atoms with E-state index in [1.807, 2.05) is 0 Å². The third kappa shape index (κ3) is 11.6. The Morgan fingerprint density at radius 2 is 1.57 bits per heavy atom. The number of para-hydroxylation sites is 1. The van der Waals surface area contributed by atoms with E-state index in [2.05, 4.69) is 26.3 Å². The van der Waals surface area contributed by atoms with Crippen molar-refractivity contribution >= 4 is 56.4 Å². The van der Waals surface area contributed by atoms with Gasteiger partial charge in [0.25, 0.3) is 0 Å². The van der Waals surface area contributed by atoms with E-state index in [1.54, 1.807) is 44.3 Å². The van der Waals surface area contributed by atoms with Crippen LogP contribution in [-0.2, 0) is 45.2 Å².